The van der Waals surface area contributed by atoms with Crippen molar-refractivity contribution < 1.29 is 45.8 Å². The molecular formula is C18H14F6N2O4. The molecule has 2 atom stereocenters. The SMILES string of the molecule is CCOC(=O)[C@]1(C)Nc2c(cc(C(=O)C(F)(F)F)c3cccnc23)C1(O)C(F)(F)F. The molecule has 1 aromatic carbocycles. The number of hydrogen-bond donors (Lipinski definition) is 2. The van der Waals surface area contributed by atoms with Gasteiger partial charge in [0.2, 0.25) is 5.60 Å². The lowest BCUT2D eigenvalue weighted by atomic mass is 9.78. The molecule has 2 aromatic rings. The lowest BCUT2D eigenvalue weighted by Gasteiger charge is -2.38. The maximum absolute atomic E-state index is 14.1. The molecule has 0 radical (unpaired) electrons. The van der Waals surface area contributed by atoms with Gasteiger partial charge in [-0.2, -0.15) is 26.3 Å². The maximum atomic E-state index is 14.1. The highest BCUT2D eigenvalue weighted by Gasteiger charge is 2.73. The van der Waals surface area contributed by atoms with Crippen molar-refractivity contribution in [2.45, 2.75) is 37.3 Å². The molecule has 0 saturated heterocycles. The number of ether oxygens (including phenoxy) is 1. The number of Topliss-reactive ketones (excluding diaryl/α,β-unsaturated/α-hetero) is 1. The molecule has 6 nitrogen and oxygen atoms in total. The molecule has 2 N–H and O–H groups in total. The average Bonchev–Trinajstić information content (AvgIpc) is 2.89. The predicted molar refractivity (Wildman–Crippen MR) is 90.7 cm³/mol. The summed E-state index contributed by atoms with van der Waals surface area (Å²) < 4.78 is 86.1. The van der Waals surface area contributed by atoms with Crippen LogP contribution in [-0.4, -0.2) is 46.3 Å². The van der Waals surface area contributed by atoms with E-state index >= 15 is 0 Å². The van der Waals surface area contributed by atoms with Crippen LogP contribution in [0.25, 0.3) is 10.9 Å². The molecule has 30 heavy (non-hydrogen) atoms. The minimum atomic E-state index is -5.53. The number of nitrogens with one attached hydrogen (secondary N) is 1. The van der Waals surface area contributed by atoms with Crippen LogP contribution in [0.5, 0.6) is 0 Å². The van der Waals surface area contributed by atoms with Crippen LogP contribution >= 0.6 is 0 Å². The number of fused-ring (bicyclic) bond motifs is 3. The van der Waals surface area contributed by atoms with Crippen LogP contribution in [0.2, 0.25) is 0 Å². The van der Waals surface area contributed by atoms with Gasteiger partial charge >= 0.3 is 18.3 Å². The number of rotatable bonds is 3. The molecule has 1 aliphatic rings. The van der Waals surface area contributed by atoms with Crippen molar-refractivity contribution in [3.63, 3.8) is 0 Å². The van der Waals surface area contributed by atoms with Crippen LogP contribution in [-0.2, 0) is 15.1 Å². The van der Waals surface area contributed by atoms with E-state index in [-0.39, 0.29) is 6.61 Å². The first-order valence-electron chi connectivity index (χ1n) is 8.48. The van der Waals surface area contributed by atoms with Crippen LogP contribution in [0.15, 0.2) is 24.4 Å². The van der Waals surface area contributed by atoms with E-state index in [2.05, 4.69) is 15.0 Å². The van der Waals surface area contributed by atoms with Crippen LogP contribution in [0.3, 0.4) is 0 Å². The fourth-order valence-corrected chi connectivity index (χ4v) is 3.52. The molecule has 0 amide bonds. The van der Waals surface area contributed by atoms with E-state index in [1.54, 1.807) is 0 Å². The highest BCUT2D eigenvalue weighted by atomic mass is 19.4. The van der Waals surface area contributed by atoms with Crippen molar-refractivity contribution in [1.29, 1.82) is 0 Å². The van der Waals surface area contributed by atoms with Gasteiger partial charge in [0.05, 0.1) is 17.8 Å². The van der Waals surface area contributed by atoms with Gasteiger partial charge in [-0.3, -0.25) is 9.78 Å². The Labute approximate surface area is 164 Å². The number of pyridine rings is 1. The number of esters is 1. The number of nitrogens with zero attached hydrogens (tertiary/aromatic N) is 1. The van der Waals surface area contributed by atoms with Crippen LogP contribution in [0.1, 0.15) is 29.8 Å². The highest BCUT2D eigenvalue weighted by Crippen LogP contribution is 2.56. The van der Waals surface area contributed by atoms with E-state index in [1.807, 2.05) is 0 Å². The summed E-state index contributed by atoms with van der Waals surface area (Å²) in [7, 11) is 0. The van der Waals surface area contributed by atoms with Gasteiger partial charge in [0, 0.05) is 22.7 Å². The zero-order valence-corrected chi connectivity index (χ0v) is 15.4. The Morgan fingerprint density at radius 1 is 1.23 bits per heavy atom. The third-order valence-corrected chi connectivity index (χ3v) is 4.98. The van der Waals surface area contributed by atoms with Gasteiger partial charge in [0.25, 0.3) is 5.78 Å². The number of hydrogen-bond acceptors (Lipinski definition) is 6. The molecule has 0 saturated carbocycles. The number of anilines is 1. The molecule has 1 aliphatic heterocycles. The second kappa shape index (κ2) is 6.56. The quantitative estimate of drug-likeness (QED) is 0.435. The van der Waals surface area contributed by atoms with Crippen LogP contribution in [0.4, 0.5) is 32.0 Å². The molecule has 0 spiro atoms. The fraction of sp³-hybridized carbons (Fsp3) is 0.389. The first kappa shape index (κ1) is 21.8. The van der Waals surface area contributed by atoms with Crippen molar-refractivity contribution >= 4 is 28.3 Å². The summed E-state index contributed by atoms with van der Waals surface area (Å²) in [5.74, 6) is -3.91. The van der Waals surface area contributed by atoms with Crippen molar-refractivity contribution in [3.05, 3.63) is 35.5 Å². The third kappa shape index (κ3) is 2.81. The molecule has 0 bridgehead atoms. The Balaban J connectivity index is 2.43. The number of halogens is 6. The topological polar surface area (TPSA) is 88.5 Å². The number of carbonyl (C=O) groups excluding carboxylic acids is 2. The standard InChI is InChI=1S/C18H14F6N2O4/c1-3-30-14(28)15(2)16(29,18(22,23)24)10-7-9(13(27)17(19,20)21)8-5-4-6-25-11(8)12(10)26-15/h4-7,26,29H,3H2,1-2H3/t15-,16?/m0/s1. The summed E-state index contributed by atoms with van der Waals surface area (Å²) in [4.78, 5) is 28.1. The minimum absolute atomic E-state index is 0.292. The molecule has 0 fully saturated rings. The largest absolute Gasteiger partial charge is 0.464 e. The maximum Gasteiger partial charge on any atom is 0.454 e. The van der Waals surface area contributed by atoms with E-state index < -0.39 is 63.0 Å². The monoisotopic (exact) mass is 436 g/mol. The van der Waals surface area contributed by atoms with Gasteiger partial charge in [0.1, 0.15) is 0 Å². The van der Waals surface area contributed by atoms with Crippen LogP contribution < -0.4 is 5.32 Å². The van der Waals surface area contributed by atoms with Gasteiger partial charge < -0.3 is 15.2 Å². The summed E-state index contributed by atoms with van der Waals surface area (Å²) in [6, 6.07) is 2.55. The smallest absolute Gasteiger partial charge is 0.454 e. The zero-order valence-electron chi connectivity index (χ0n) is 15.4. The Hall–Kier alpha value is -2.89. The Morgan fingerprint density at radius 2 is 1.87 bits per heavy atom. The molecular weight excluding hydrogens is 422 g/mol. The first-order valence-corrected chi connectivity index (χ1v) is 8.48. The lowest BCUT2D eigenvalue weighted by Crippen LogP contribution is -2.63. The number of carbonyl (C=O) groups is 2. The zero-order chi connectivity index (χ0) is 22.7. The summed E-state index contributed by atoms with van der Waals surface area (Å²) >= 11 is 0. The normalized spacial score (nSPS) is 23.8. The second-order valence-electron chi connectivity index (χ2n) is 6.75. The van der Waals surface area contributed by atoms with Crippen molar-refractivity contribution in [2.75, 3.05) is 11.9 Å². The molecule has 12 heteroatoms. The summed E-state index contributed by atoms with van der Waals surface area (Å²) in [5, 5.41) is 12.6. The fourth-order valence-electron chi connectivity index (χ4n) is 3.52. The molecule has 0 aliphatic carbocycles. The van der Waals surface area contributed by atoms with Gasteiger partial charge in [-0.25, -0.2) is 4.79 Å². The van der Waals surface area contributed by atoms with Gasteiger partial charge in [-0.1, -0.05) is 6.07 Å². The van der Waals surface area contributed by atoms with Crippen molar-refractivity contribution in [3.8, 4) is 0 Å². The van der Waals surface area contributed by atoms with E-state index in [1.165, 1.54) is 13.0 Å². The summed E-state index contributed by atoms with van der Waals surface area (Å²) in [6.45, 7) is 1.71. The molecule has 162 valence electrons. The van der Waals surface area contributed by atoms with E-state index in [4.69, 9.17) is 0 Å². The summed E-state index contributed by atoms with van der Waals surface area (Å²) in [6.07, 6.45) is -9.85. The van der Waals surface area contributed by atoms with E-state index in [0.29, 0.717) is 13.0 Å². The van der Waals surface area contributed by atoms with Gasteiger partial charge in [0.15, 0.2) is 5.54 Å². The molecule has 1 aromatic heterocycles. The van der Waals surface area contributed by atoms with Gasteiger partial charge in [-0.15, -0.1) is 0 Å². The van der Waals surface area contributed by atoms with Crippen molar-refractivity contribution in [1.82, 2.24) is 4.98 Å². The molecule has 1 unspecified atom stereocenters. The highest BCUT2D eigenvalue weighted by molar-refractivity contribution is 6.14. The molecule has 3 rings (SSSR count). The van der Waals surface area contributed by atoms with Gasteiger partial charge in [-0.05, 0) is 26.0 Å². The third-order valence-electron chi connectivity index (χ3n) is 4.98. The average molecular weight is 436 g/mol. The Morgan fingerprint density at radius 3 is 2.40 bits per heavy atom. The number of ketones is 1. The molecule has 2 heterocycles. The second-order valence-corrected chi connectivity index (χ2v) is 6.75. The number of aliphatic hydroxyl groups is 1. The number of alkyl halides is 6. The Kier molecular flexibility index (Phi) is 4.77. The van der Waals surface area contributed by atoms with Crippen molar-refractivity contribution in [2.24, 2.45) is 0 Å². The number of aromatic nitrogens is 1. The Bertz CT molecular complexity index is 1050. The van der Waals surface area contributed by atoms with Crippen LogP contribution in [0, 0.1) is 0 Å². The van der Waals surface area contributed by atoms with E-state index in [0.717, 1.165) is 12.3 Å². The minimum Gasteiger partial charge on any atom is -0.464 e. The predicted octanol–water partition coefficient (Wildman–Crippen LogP) is 3.48. The first-order chi connectivity index (χ1) is 13.7. The summed E-state index contributed by atoms with van der Waals surface area (Å²) in [5.41, 5.74) is -10.1. The number of benzene rings is 1. The lowest BCUT2D eigenvalue weighted by molar-refractivity contribution is -0.282. The van der Waals surface area contributed by atoms with E-state index in [9.17, 15) is 41.0 Å².